The number of rotatable bonds is 10. The third kappa shape index (κ3) is 9.29. The molecule has 0 bridgehead atoms. The first-order valence-corrected chi connectivity index (χ1v) is 11.0. The van der Waals surface area contributed by atoms with E-state index < -0.39 is 12.1 Å². The quantitative estimate of drug-likeness (QED) is 0.441. The van der Waals surface area contributed by atoms with Crippen LogP contribution in [0.2, 0.25) is 0 Å². The summed E-state index contributed by atoms with van der Waals surface area (Å²) in [5.41, 5.74) is 0.746. The maximum absolute atomic E-state index is 12.5. The van der Waals surface area contributed by atoms with Gasteiger partial charge in [-0.15, -0.1) is 0 Å². The van der Waals surface area contributed by atoms with E-state index in [1.165, 1.54) is 0 Å². The molecule has 1 rings (SSSR count). The summed E-state index contributed by atoms with van der Waals surface area (Å²) in [5.74, 6) is 6.24. The Morgan fingerprint density at radius 3 is 2.10 bits per heavy atom. The van der Waals surface area contributed by atoms with Crippen molar-refractivity contribution in [3.63, 3.8) is 0 Å². The topological polar surface area (TPSA) is 101 Å². The molecule has 31 heavy (non-hydrogen) atoms. The van der Waals surface area contributed by atoms with E-state index in [1.807, 2.05) is 27.7 Å². The average Bonchev–Trinajstić information content (AvgIpc) is 2.70. The van der Waals surface area contributed by atoms with E-state index in [4.69, 9.17) is 0 Å². The molecule has 2 atom stereocenters. The van der Waals surface area contributed by atoms with Gasteiger partial charge in [-0.05, 0) is 19.3 Å². The fourth-order valence-corrected chi connectivity index (χ4v) is 2.86. The van der Waals surface area contributed by atoms with Gasteiger partial charge in [0.05, 0.1) is 11.6 Å². The second-order valence-electron chi connectivity index (χ2n) is 8.72. The van der Waals surface area contributed by atoms with Crippen LogP contribution < -0.4 is 10.6 Å². The predicted octanol–water partition coefficient (Wildman–Crippen LogP) is 2.99. The van der Waals surface area contributed by atoms with E-state index in [2.05, 4.69) is 32.4 Å². The molecule has 2 amide bonds. The Bertz CT molecular complexity index is 804. The van der Waals surface area contributed by atoms with Crippen molar-refractivity contribution in [1.82, 2.24) is 20.6 Å². The van der Waals surface area contributed by atoms with Crippen LogP contribution in [0.1, 0.15) is 85.0 Å². The van der Waals surface area contributed by atoms with Gasteiger partial charge in [0.25, 0.3) is 0 Å². The zero-order valence-corrected chi connectivity index (χ0v) is 19.8. The lowest BCUT2D eigenvalue weighted by Crippen LogP contribution is -2.53. The lowest BCUT2D eigenvalue weighted by Gasteiger charge is -2.24. The molecule has 0 fully saturated rings. The molecule has 1 aromatic heterocycles. The molecule has 0 aliphatic rings. The van der Waals surface area contributed by atoms with Crippen LogP contribution in [-0.4, -0.2) is 39.6 Å². The molecule has 7 heteroatoms. The summed E-state index contributed by atoms with van der Waals surface area (Å²) in [6.07, 6.45) is 4.82. The standard InChI is InChI=1S/C24H36N4O3/c1-15(2)21(24(31)27-18(7)22(30)16(3)4)28-20(29)12-10-8-9-11-19-13-25-23(17(5)6)26-14-19/h13-18,21H,8,10,12H2,1-7H3,(H,27,31)(H,28,29)/t18-,21-/m0/s1. The smallest absolute Gasteiger partial charge is 0.243 e. The molecular weight excluding hydrogens is 392 g/mol. The number of nitrogens with zero attached hydrogens (tertiary/aromatic N) is 2. The number of aromatic nitrogens is 2. The molecule has 0 unspecified atom stereocenters. The van der Waals surface area contributed by atoms with Crippen molar-refractivity contribution >= 4 is 17.6 Å². The second-order valence-corrected chi connectivity index (χ2v) is 8.72. The summed E-state index contributed by atoms with van der Waals surface area (Å²) in [7, 11) is 0. The summed E-state index contributed by atoms with van der Waals surface area (Å²) in [4.78, 5) is 45.4. The highest BCUT2D eigenvalue weighted by Crippen LogP contribution is 2.08. The Labute approximate surface area is 186 Å². The van der Waals surface area contributed by atoms with Crippen LogP contribution in [0.3, 0.4) is 0 Å². The van der Waals surface area contributed by atoms with Crippen LogP contribution in [0, 0.1) is 23.7 Å². The first-order chi connectivity index (χ1) is 14.5. The van der Waals surface area contributed by atoms with Crippen LogP contribution >= 0.6 is 0 Å². The van der Waals surface area contributed by atoms with Crippen LogP contribution in [0.4, 0.5) is 0 Å². The normalized spacial score (nSPS) is 12.8. The summed E-state index contributed by atoms with van der Waals surface area (Å²) >= 11 is 0. The minimum Gasteiger partial charge on any atom is -0.345 e. The van der Waals surface area contributed by atoms with Crippen LogP contribution in [-0.2, 0) is 14.4 Å². The summed E-state index contributed by atoms with van der Waals surface area (Å²) in [5, 5.41) is 5.50. The highest BCUT2D eigenvalue weighted by Gasteiger charge is 2.27. The number of hydrogen-bond acceptors (Lipinski definition) is 5. The molecule has 0 radical (unpaired) electrons. The van der Waals surface area contributed by atoms with Crippen molar-refractivity contribution in [2.75, 3.05) is 0 Å². The van der Waals surface area contributed by atoms with Crippen molar-refractivity contribution < 1.29 is 14.4 Å². The molecule has 0 saturated heterocycles. The summed E-state index contributed by atoms with van der Waals surface area (Å²) in [6, 6.07) is -1.27. The molecule has 2 N–H and O–H groups in total. The van der Waals surface area contributed by atoms with E-state index in [0.29, 0.717) is 12.8 Å². The molecule has 1 heterocycles. The van der Waals surface area contributed by atoms with E-state index in [9.17, 15) is 14.4 Å². The second kappa shape index (κ2) is 12.8. The maximum atomic E-state index is 12.5. The predicted molar refractivity (Wildman–Crippen MR) is 121 cm³/mol. The lowest BCUT2D eigenvalue weighted by atomic mass is 10.00. The van der Waals surface area contributed by atoms with Gasteiger partial charge >= 0.3 is 0 Å². The Hall–Kier alpha value is -2.75. The van der Waals surface area contributed by atoms with E-state index in [1.54, 1.807) is 33.2 Å². The molecule has 1 aromatic rings. The van der Waals surface area contributed by atoms with Gasteiger partial charge < -0.3 is 10.6 Å². The Balaban J connectivity index is 2.50. The molecule has 0 spiro atoms. The third-order valence-electron chi connectivity index (χ3n) is 4.75. The molecule has 0 aromatic carbocycles. The third-order valence-corrected chi connectivity index (χ3v) is 4.75. The molecule has 0 aliphatic carbocycles. The highest BCUT2D eigenvalue weighted by atomic mass is 16.2. The van der Waals surface area contributed by atoms with Crippen LogP contribution in [0.5, 0.6) is 0 Å². The van der Waals surface area contributed by atoms with Crippen molar-refractivity contribution in [2.24, 2.45) is 11.8 Å². The Morgan fingerprint density at radius 2 is 1.58 bits per heavy atom. The minimum atomic E-state index is -0.683. The number of nitrogens with one attached hydrogen (secondary N) is 2. The number of amides is 2. The number of carbonyl (C=O) groups excluding carboxylic acids is 3. The zero-order valence-electron chi connectivity index (χ0n) is 19.8. The number of ketones is 1. The fourth-order valence-electron chi connectivity index (χ4n) is 2.86. The SMILES string of the molecule is CC(C)C(=O)[C@H](C)NC(=O)[C@@H](NC(=O)CCCC#Cc1cnc(C(C)C)nc1)C(C)C. The number of carbonyl (C=O) groups is 3. The maximum Gasteiger partial charge on any atom is 0.243 e. The average molecular weight is 429 g/mol. The largest absolute Gasteiger partial charge is 0.345 e. The molecule has 0 aliphatic heterocycles. The highest BCUT2D eigenvalue weighted by molar-refractivity contribution is 5.93. The molecule has 0 saturated carbocycles. The molecule has 170 valence electrons. The van der Waals surface area contributed by atoms with Gasteiger partial charge in [-0.25, -0.2) is 9.97 Å². The summed E-state index contributed by atoms with van der Waals surface area (Å²) < 4.78 is 0. The van der Waals surface area contributed by atoms with E-state index >= 15 is 0 Å². The van der Waals surface area contributed by atoms with Crippen molar-refractivity contribution in [2.45, 2.75) is 85.7 Å². The number of hydrogen-bond donors (Lipinski definition) is 2. The van der Waals surface area contributed by atoms with Gasteiger partial charge in [0.2, 0.25) is 11.8 Å². The molecule has 7 nitrogen and oxygen atoms in total. The Morgan fingerprint density at radius 1 is 0.968 bits per heavy atom. The van der Waals surface area contributed by atoms with Gasteiger partial charge in [-0.3, -0.25) is 14.4 Å². The van der Waals surface area contributed by atoms with Crippen molar-refractivity contribution in [3.05, 3.63) is 23.8 Å². The zero-order chi connectivity index (χ0) is 23.6. The van der Waals surface area contributed by atoms with Crippen molar-refractivity contribution in [3.8, 4) is 11.8 Å². The van der Waals surface area contributed by atoms with Crippen LogP contribution in [0.15, 0.2) is 12.4 Å². The van der Waals surface area contributed by atoms with Gasteiger partial charge in [0, 0.05) is 37.1 Å². The molecular formula is C24H36N4O3. The van der Waals surface area contributed by atoms with E-state index in [0.717, 1.165) is 11.4 Å². The number of unbranched alkanes of at least 4 members (excludes halogenated alkanes) is 1. The van der Waals surface area contributed by atoms with Gasteiger partial charge in [0.15, 0.2) is 5.78 Å². The summed E-state index contributed by atoms with van der Waals surface area (Å²) in [6.45, 7) is 13.0. The van der Waals surface area contributed by atoms with Gasteiger partial charge in [-0.2, -0.15) is 0 Å². The lowest BCUT2D eigenvalue weighted by molar-refractivity contribution is -0.133. The first-order valence-electron chi connectivity index (χ1n) is 11.0. The first kappa shape index (κ1) is 26.3. The fraction of sp³-hybridized carbons (Fsp3) is 0.625. The van der Waals surface area contributed by atoms with Gasteiger partial charge in [-0.1, -0.05) is 53.4 Å². The van der Waals surface area contributed by atoms with E-state index in [-0.39, 0.29) is 41.8 Å². The van der Waals surface area contributed by atoms with Crippen LogP contribution in [0.25, 0.3) is 0 Å². The Kier molecular flexibility index (Phi) is 10.9. The monoisotopic (exact) mass is 428 g/mol. The number of Topliss-reactive ketones (excluding diaryl/α,β-unsaturated/α-hetero) is 1. The minimum absolute atomic E-state index is 0.0370. The van der Waals surface area contributed by atoms with Crippen molar-refractivity contribution in [1.29, 1.82) is 0 Å². The van der Waals surface area contributed by atoms with Gasteiger partial charge in [0.1, 0.15) is 11.9 Å².